The molecule has 0 amide bonds. The van der Waals surface area contributed by atoms with Crippen molar-refractivity contribution in [3.05, 3.63) is 52.9 Å². The van der Waals surface area contributed by atoms with Crippen LogP contribution in [-0.2, 0) is 0 Å². The minimum Gasteiger partial charge on any atom is -0.361 e. The van der Waals surface area contributed by atoms with Crippen molar-refractivity contribution in [2.75, 3.05) is 0 Å². The Morgan fingerprint density at radius 1 is 1.19 bits per heavy atom. The van der Waals surface area contributed by atoms with Gasteiger partial charge in [0.15, 0.2) is 0 Å². The monoisotopic (exact) mass is 286 g/mol. The lowest BCUT2D eigenvalue weighted by Crippen LogP contribution is -2.25. The predicted octanol–water partition coefficient (Wildman–Crippen LogP) is 4.87. The summed E-state index contributed by atoms with van der Waals surface area (Å²) in [5.41, 5.74) is 3.52. The van der Waals surface area contributed by atoms with Crippen LogP contribution in [0.2, 0.25) is 0 Å². The number of nitrogens with one attached hydrogen (secondary N) is 1. The summed E-state index contributed by atoms with van der Waals surface area (Å²) in [6, 6.07) is 11.3. The quantitative estimate of drug-likeness (QED) is 0.788. The molecule has 3 heteroatoms. The topological polar surface area (TPSA) is 38.1 Å². The summed E-state index contributed by atoms with van der Waals surface area (Å²) in [5, 5.41) is 7.82. The van der Waals surface area contributed by atoms with E-state index in [0.29, 0.717) is 6.04 Å². The first-order valence-electron chi connectivity index (χ1n) is 7.87. The van der Waals surface area contributed by atoms with Gasteiger partial charge in [-0.05, 0) is 32.8 Å². The lowest BCUT2D eigenvalue weighted by molar-refractivity contribution is 0.387. The van der Waals surface area contributed by atoms with Gasteiger partial charge < -0.3 is 9.84 Å². The molecule has 21 heavy (non-hydrogen) atoms. The third-order valence-electron chi connectivity index (χ3n) is 4.02. The van der Waals surface area contributed by atoms with E-state index in [4.69, 9.17) is 4.52 Å². The summed E-state index contributed by atoms with van der Waals surface area (Å²) in [6.07, 6.45) is 3.58. The van der Waals surface area contributed by atoms with Crippen molar-refractivity contribution >= 4 is 0 Å². The van der Waals surface area contributed by atoms with Gasteiger partial charge in [-0.3, -0.25) is 0 Å². The molecular formula is C18H26N2O. The molecule has 0 radical (unpaired) electrons. The molecule has 3 nitrogen and oxygen atoms in total. The van der Waals surface area contributed by atoms with E-state index in [1.54, 1.807) is 0 Å². The van der Waals surface area contributed by atoms with Crippen molar-refractivity contribution in [1.29, 1.82) is 0 Å². The lowest BCUT2D eigenvalue weighted by Gasteiger charge is -2.24. The van der Waals surface area contributed by atoms with E-state index in [1.807, 2.05) is 13.8 Å². The predicted molar refractivity (Wildman–Crippen MR) is 86.2 cm³/mol. The molecule has 0 fully saturated rings. The van der Waals surface area contributed by atoms with Crippen molar-refractivity contribution in [2.45, 2.75) is 59.0 Å². The van der Waals surface area contributed by atoms with E-state index in [-0.39, 0.29) is 6.04 Å². The number of unbranched alkanes of at least 4 members (excludes halogenated alkanes) is 1. The molecule has 2 unspecified atom stereocenters. The van der Waals surface area contributed by atoms with Gasteiger partial charge in [0.1, 0.15) is 5.76 Å². The summed E-state index contributed by atoms with van der Waals surface area (Å²) in [7, 11) is 0. The van der Waals surface area contributed by atoms with Gasteiger partial charge in [-0.25, -0.2) is 0 Å². The molecule has 1 aromatic heterocycles. The number of benzene rings is 1. The number of aromatic nitrogens is 1. The molecule has 0 aliphatic rings. The van der Waals surface area contributed by atoms with Crippen molar-refractivity contribution < 1.29 is 4.52 Å². The minimum atomic E-state index is 0.235. The molecule has 0 aliphatic carbocycles. The number of hydrogen-bond donors (Lipinski definition) is 1. The first-order chi connectivity index (χ1) is 10.1. The lowest BCUT2D eigenvalue weighted by atomic mass is 9.98. The minimum absolute atomic E-state index is 0.235. The molecule has 0 aliphatic heterocycles. The fraction of sp³-hybridized carbons (Fsp3) is 0.500. The van der Waals surface area contributed by atoms with Crippen LogP contribution in [0.15, 0.2) is 34.9 Å². The Labute approximate surface area is 127 Å². The average Bonchev–Trinajstić information content (AvgIpc) is 2.83. The fourth-order valence-electron chi connectivity index (χ4n) is 2.93. The van der Waals surface area contributed by atoms with Crippen LogP contribution >= 0.6 is 0 Å². The Bertz CT molecular complexity index is 528. The summed E-state index contributed by atoms with van der Waals surface area (Å²) in [4.78, 5) is 0. The Kier molecular flexibility index (Phi) is 5.57. The van der Waals surface area contributed by atoms with Crippen LogP contribution < -0.4 is 5.32 Å². The SMILES string of the molecule is CCCCC(NC(C)c1c(C)noc1C)c1ccccc1. The molecule has 2 rings (SSSR count). The van der Waals surface area contributed by atoms with Crippen molar-refractivity contribution in [2.24, 2.45) is 0 Å². The van der Waals surface area contributed by atoms with Crippen molar-refractivity contribution in [3.8, 4) is 0 Å². The van der Waals surface area contributed by atoms with Crippen LogP contribution in [0.5, 0.6) is 0 Å². The van der Waals surface area contributed by atoms with Gasteiger partial charge in [-0.2, -0.15) is 0 Å². The third kappa shape index (κ3) is 3.94. The van der Waals surface area contributed by atoms with E-state index in [2.05, 4.69) is 54.7 Å². The van der Waals surface area contributed by atoms with E-state index >= 15 is 0 Å². The number of rotatable bonds is 7. The zero-order chi connectivity index (χ0) is 15.2. The molecule has 0 bridgehead atoms. The van der Waals surface area contributed by atoms with Gasteiger partial charge in [0.05, 0.1) is 5.69 Å². The van der Waals surface area contributed by atoms with Crippen molar-refractivity contribution in [1.82, 2.24) is 10.5 Å². The van der Waals surface area contributed by atoms with E-state index in [1.165, 1.54) is 24.0 Å². The molecule has 0 saturated heterocycles. The molecule has 114 valence electrons. The van der Waals surface area contributed by atoms with E-state index in [9.17, 15) is 0 Å². The summed E-state index contributed by atoms with van der Waals surface area (Å²) in [5.74, 6) is 0.912. The maximum atomic E-state index is 5.29. The summed E-state index contributed by atoms with van der Waals surface area (Å²) >= 11 is 0. The van der Waals surface area contributed by atoms with Crippen LogP contribution in [0.3, 0.4) is 0 Å². The molecule has 1 aromatic carbocycles. The second kappa shape index (κ2) is 7.41. The maximum absolute atomic E-state index is 5.29. The normalized spacial score (nSPS) is 14.1. The second-order valence-corrected chi connectivity index (χ2v) is 5.73. The Morgan fingerprint density at radius 3 is 2.48 bits per heavy atom. The summed E-state index contributed by atoms with van der Waals surface area (Å²) in [6.45, 7) is 8.42. The Hall–Kier alpha value is -1.61. The first-order valence-corrected chi connectivity index (χ1v) is 7.87. The molecule has 1 heterocycles. The van der Waals surface area contributed by atoms with Gasteiger partial charge in [-0.1, -0.05) is 55.3 Å². The molecule has 0 saturated carbocycles. The van der Waals surface area contributed by atoms with Gasteiger partial charge in [0, 0.05) is 17.6 Å². The van der Waals surface area contributed by atoms with Crippen LogP contribution in [0.4, 0.5) is 0 Å². The standard InChI is InChI=1S/C18H26N2O/c1-5-6-12-17(16-10-8-7-9-11-16)19-13(2)18-14(3)20-21-15(18)4/h7-11,13,17,19H,5-6,12H2,1-4H3. The highest BCUT2D eigenvalue weighted by Gasteiger charge is 2.20. The number of aryl methyl sites for hydroxylation is 2. The van der Waals surface area contributed by atoms with E-state index < -0.39 is 0 Å². The Balaban J connectivity index is 2.15. The van der Waals surface area contributed by atoms with Crippen LogP contribution in [-0.4, -0.2) is 5.16 Å². The van der Waals surface area contributed by atoms with E-state index in [0.717, 1.165) is 17.9 Å². The molecule has 1 N–H and O–H groups in total. The van der Waals surface area contributed by atoms with Crippen LogP contribution in [0, 0.1) is 13.8 Å². The third-order valence-corrected chi connectivity index (χ3v) is 4.02. The number of hydrogen-bond acceptors (Lipinski definition) is 3. The number of nitrogens with zero attached hydrogens (tertiary/aromatic N) is 1. The molecule has 2 aromatic rings. The maximum Gasteiger partial charge on any atom is 0.138 e. The fourth-order valence-corrected chi connectivity index (χ4v) is 2.93. The van der Waals surface area contributed by atoms with Crippen molar-refractivity contribution in [3.63, 3.8) is 0 Å². The van der Waals surface area contributed by atoms with Gasteiger partial charge in [0.25, 0.3) is 0 Å². The van der Waals surface area contributed by atoms with Gasteiger partial charge >= 0.3 is 0 Å². The van der Waals surface area contributed by atoms with Crippen LogP contribution in [0.1, 0.15) is 67.8 Å². The zero-order valence-corrected chi connectivity index (χ0v) is 13.5. The molecule has 0 spiro atoms. The summed E-state index contributed by atoms with van der Waals surface area (Å²) < 4.78 is 5.29. The second-order valence-electron chi connectivity index (χ2n) is 5.73. The molecule has 2 atom stereocenters. The highest BCUT2D eigenvalue weighted by molar-refractivity contribution is 5.26. The first kappa shape index (κ1) is 15.8. The largest absolute Gasteiger partial charge is 0.361 e. The highest BCUT2D eigenvalue weighted by atomic mass is 16.5. The zero-order valence-electron chi connectivity index (χ0n) is 13.5. The Morgan fingerprint density at radius 2 is 1.90 bits per heavy atom. The van der Waals surface area contributed by atoms with Gasteiger partial charge in [-0.15, -0.1) is 0 Å². The van der Waals surface area contributed by atoms with Gasteiger partial charge in [0.2, 0.25) is 0 Å². The van der Waals surface area contributed by atoms with Crippen LogP contribution in [0.25, 0.3) is 0 Å². The molecular weight excluding hydrogens is 260 g/mol. The smallest absolute Gasteiger partial charge is 0.138 e. The highest BCUT2D eigenvalue weighted by Crippen LogP contribution is 2.27. The average molecular weight is 286 g/mol.